The van der Waals surface area contributed by atoms with Crippen molar-refractivity contribution in [2.75, 3.05) is 24.5 Å². The molecule has 0 unspecified atom stereocenters. The van der Waals surface area contributed by atoms with Crippen molar-refractivity contribution in [3.05, 3.63) is 28.8 Å². The summed E-state index contributed by atoms with van der Waals surface area (Å²) in [5.74, 6) is -1.36. The normalized spacial score (nSPS) is 17.9. The molecule has 0 spiro atoms. The zero-order chi connectivity index (χ0) is 14.3. The summed E-state index contributed by atoms with van der Waals surface area (Å²) in [7, 11) is 0. The number of carbonyl (C=O) groups excluding carboxylic acids is 3. The molecule has 2 amide bonds. The first-order valence-electron chi connectivity index (χ1n) is 6.51. The smallest absolute Gasteiger partial charge is 0.299 e. The number of hydrogen-bond acceptors (Lipinski definition) is 3. The van der Waals surface area contributed by atoms with Crippen LogP contribution < -0.4 is 4.90 Å². The van der Waals surface area contributed by atoms with Gasteiger partial charge in [-0.3, -0.25) is 19.3 Å². The largest absolute Gasteiger partial charge is 0.341 e. The lowest BCUT2D eigenvalue weighted by atomic mass is 10.1. The molecule has 0 aromatic heterocycles. The van der Waals surface area contributed by atoms with Crippen molar-refractivity contribution in [3.8, 4) is 0 Å². The molecule has 104 valence electrons. The Morgan fingerprint density at radius 3 is 2.60 bits per heavy atom. The summed E-state index contributed by atoms with van der Waals surface area (Å²) < 4.78 is 0. The monoisotopic (exact) mass is 292 g/mol. The van der Waals surface area contributed by atoms with Gasteiger partial charge in [-0.05, 0) is 31.0 Å². The van der Waals surface area contributed by atoms with Crippen LogP contribution >= 0.6 is 11.6 Å². The molecule has 1 saturated heterocycles. The molecule has 2 heterocycles. The van der Waals surface area contributed by atoms with Gasteiger partial charge in [0.15, 0.2) is 0 Å². The lowest BCUT2D eigenvalue weighted by molar-refractivity contribution is -0.129. The highest BCUT2D eigenvalue weighted by Crippen LogP contribution is 2.31. The fraction of sp³-hybridized carbons (Fsp3) is 0.357. The number of anilines is 1. The van der Waals surface area contributed by atoms with E-state index in [-0.39, 0.29) is 12.5 Å². The van der Waals surface area contributed by atoms with Crippen LogP contribution in [0.4, 0.5) is 5.69 Å². The van der Waals surface area contributed by atoms with E-state index >= 15 is 0 Å². The minimum Gasteiger partial charge on any atom is -0.341 e. The Labute approximate surface area is 121 Å². The fourth-order valence-electron chi connectivity index (χ4n) is 2.63. The molecule has 1 aromatic rings. The van der Waals surface area contributed by atoms with Gasteiger partial charge in [0.25, 0.3) is 11.7 Å². The first-order valence-corrected chi connectivity index (χ1v) is 6.89. The van der Waals surface area contributed by atoms with Gasteiger partial charge < -0.3 is 4.90 Å². The molecule has 0 N–H and O–H groups in total. The summed E-state index contributed by atoms with van der Waals surface area (Å²) in [6, 6.07) is 4.65. The molecule has 0 saturated carbocycles. The zero-order valence-electron chi connectivity index (χ0n) is 10.8. The van der Waals surface area contributed by atoms with E-state index in [1.807, 2.05) is 0 Å². The highest BCUT2D eigenvalue weighted by atomic mass is 35.5. The maximum atomic E-state index is 12.1. The van der Waals surface area contributed by atoms with Gasteiger partial charge in [-0.1, -0.05) is 11.6 Å². The van der Waals surface area contributed by atoms with Crippen molar-refractivity contribution in [1.29, 1.82) is 0 Å². The van der Waals surface area contributed by atoms with E-state index in [0.29, 0.717) is 16.3 Å². The van der Waals surface area contributed by atoms with Crippen LogP contribution in [0.15, 0.2) is 18.2 Å². The van der Waals surface area contributed by atoms with Crippen LogP contribution in [0.3, 0.4) is 0 Å². The van der Waals surface area contributed by atoms with E-state index < -0.39 is 11.7 Å². The van der Waals surface area contributed by atoms with Gasteiger partial charge in [0.1, 0.15) is 6.54 Å². The van der Waals surface area contributed by atoms with E-state index in [0.717, 1.165) is 25.9 Å². The maximum Gasteiger partial charge on any atom is 0.299 e. The number of likely N-dealkylation sites (tertiary alicyclic amines) is 1. The number of benzene rings is 1. The fourth-order valence-corrected chi connectivity index (χ4v) is 2.79. The Bertz CT molecular complexity index is 608. The van der Waals surface area contributed by atoms with E-state index in [1.54, 1.807) is 17.0 Å². The molecule has 20 heavy (non-hydrogen) atoms. The predicted molar refractivity (Wildman–Crippen MR) is 73.9 cm³/mol. The van der Waals surface area contributed by atoms with E-state index in [1.165, 1.54) is 11.0 Å². The molecule has 2 aliphatic heterocycles. The Morgan fingerprint density at radius 2 is 1.90 bits per heavy atom. The number of hydrogen-bond donors (Lipinski definition) is 0. The SMILES string of the molecule is O=C1C(=O)N(CC(=O)N2CCCC2)c2cc(Cl)ccc21. The minimum atomic E-state index is -0.658. The molecule has 1 fully saturated rings. The van der Waals surface area contributed by atoms with Crippen molar-refractivity contribution in [2.45, 2.75) is 12.8 Å². The van der Waals surface area contributed by atoms with Crippen LogP contribution in [0, 0.1) is 0 Å². The third kappa shape index (κ3) is 2.08. The van der Waals surface area contributed by atoms with Crippen molar-refractivity contribution in [1.82, 2.24) is 4.90 Å². The third-order valence-corrected chi connectivity index (χ3v) is 3.92. The first kappa shape index (κ1) is 13.1. The molecular formula is C14H13ClN2O3. The first-order chi connectivity index (χ1) is 9.58. The van der Waals surface area contributed by atoms with Crippen LogP contribution in [0.1, 0.15) is 23.2 Å². The number of Topliss-reactive ketones (excluding diaryl/α,β-unsaturated/α-hetero) is 1. The van der Waals surface area contributed by atoms with Gasteiger partial charge in [0, 0.05) is 18.1 Å². The molecule has 0 atom stereocenters. The summed E-state index contributed by atoms with van der Waals surface area (Å²) in [6.07, 6.45) is 1.97. The van der Waals surface area contributed by atoms with Gasteiger partial charge in [-0.15, -0.1) is 0 Å². The van der Waals surface area contributed by atoms with Crippen molar-refractivity contribution < 1.29 is 14.4 Å². The Morgan fingerprint density at radius 1 is 1.20 bits per heavy atom. The van der Waals surface area contributed by atoms with Crippen molar-refractivity contribution in [2.24, 2.45) is 0 Å². The van der Waals surface area contributed by atoms with Crippen LogP contribution in [0.25, 0.3) is 0 Å². The van der Waals surface area contributed by atoms with Gasteiger partial charge in [-0.25, -0.2) is 0 Å². The number of nitrogens with zero attached hydrogens (tertiary/aromatic N) is 2. The Balaban J connectivity index is 1.87. The lowest BCUT2D eigenvalue weighted by Crippen LogP contribution is -2.41. The lowest BCUT2D eigenvalue weighted by Gasteiger charge is -2.21. The Kier molecular flexibility index (Phi) is 3.22. The van der Waals surface area contributed by atoms with Gasteiger partial charge >= 0.3 is 0 Å². The molecule has 3 rings (SSSR count). The van der Waals surface area contributed by atoms with Gasteiger partial charge in [-0.2, -0.15) is 0 Å². The zero-order valence-corrected chi connectivity index (χ0v) is 11.5. The summed E-state index contributed by atoms with van der Waals surface area (Å²) in [5.41, 5.74) is 0.744. The predicted octanol–water partition coefficient (Wildman–Crippen LogP) is 1.49. The molecule has 2 aliphatic rings. The van der Waals surface area contributed by atoms with Crippen LogP contribution in [-0.4, -0.2) is 42.1 Å². The molecular weight excluding hydrogens is 280 g/mol. The molecule has 6 heteroatoms. The van der Waals surface area contributed by atoms with Crippen LogP contribution in [0.2, 0.25) is 5.02 Å². The topological polar surface area (TPSA) is 57.7 Å². The van der Waals surface area contributed by atoms with Gasteiger partial charge in [0.05, 0.1) is 11.3 Å². The van der Waals surface area contributed by atoms with E-state index in [2.05, 4.69) is 0 Å². The summed E-state index contributed by atoms with van der Waals surface area (Å²) >= 11 is 5.90. The van der Waals surface area contributed by atoms with E-state index in [4.69, 9.17) is 11.6 Å². The van der Waals surface area contributed by atoms with Crippen LogP contribution in [0.5, 0.6) is 0 Å². The van der Waals surface area contributed by atoms with Crippen molar-refractivity contribution in [3.63, 3.8) is 0 Å². The second kappa shape index (κ2) is 4.90. The standard InChI is InChI=1S/C14H13ClN2O3/c15-9-3-4-10-11(7-9)17(14(20)13(10)19)8-12(18)16-5-1-2-6-16/h3-4,7H,1-2,5-6,8H2. The number of ketones is 1. The number of fused-ring (bicyclic) bond motifs is 1. The number of rotatable bonds is 2. The molecule has 0 radical (unpaired) electrons. The number of amides is 2. The summed E-state index contributed by atoms with van der Waals surface area (Å²) in [6.45, 7) is 1.34. The average molecular weight is 293 g/mol. The van der Waals surface area contributed by atoms with E-state index in [9.17, 15) is 14.4 Å². The number of halogens is 1. The molecule has 0 bridgehead atoms. The minimum absolute atomic E-state index is 0.0993. The third-order valence-electron chi connectivity index (χ3n) is 3.69. The molecule has 1 aromatic carbocycles. The average Bonchev–Trinajstić information content (AvgIpc) is 3.03. The quantitative estimate of drug-likeness (QED) is 0.776. The van der Waals surface area contributed by atoms with Crippen molar-refractivity contribution >= 4 is 34.9 Å². The highest BCUT2D eigenvalue weighted by molar-refractivity contribution is 6.53. The molecule has 5 nitrogen and oxygen atoms in total. The van der Waals surface area contributed by atoms with Gasteiger partial charge in [0.2, 0.25) is 5.91 Å². The second-order valence-corrected chi connectivity index (χ2v) is 5.41. The summed E-state index contributed by atoms with van der Waals surface area (Å²) in [4.78, 5) is 38.9. The number of carbonyl (C=O) groups is 3. The van der Waals surface area contributed by atoms with Crippen LogP contribution in [-0.2, 0) is 9.59 Å². The molecule has 0 aliphatic carbocycles. The maximum absolute atomic E-state index is 12.1. The summed E-state index contributed by atoms with van der Waals surface area (Å²) in [5, 5.41) is 0.435. The Hall–Kier alpha value is -1.88. The second-order valence-electron chi connectivity index (χ2n) is 4.97. The highest BCUT2D eigenvalue weighted by Gasteiger charge is 2.37.